The molecule has 3 N–H and O–H groups in total. The minimum atomic E-state index is -0.276. The Morgan fingerprint density at radius 2 is 2.11 bits per heavy atom. The Bertz CT molecular complexity index is 977. The van der Waals surface area contributed by atoms with E-state index < -0.39 is 0 Å². The summed E-state index contributed by atoms with van der Waals surface area (Å²) >= 11 is 0. The van der Waals surface area contributed by atoms with Crippen molar-refractivity contribution in [2.75, 3.05) is 0 Å². The largest absolute Gasteiger partial charge is 0.490 e. The van der Waals surface area contributed by atoms with E-state index in [1.807, 2.05) is 12.1 Å². The van der Waals surface area contributed by atoms with Crippen LogP contribution in [0.4, 0.5) is 0 Å². The van der Waals surface area contributed by atoms with Gasteiger partial charge in [-0.3, -0.25) is 4.79 Å². The van der Waals surface area contributed by atoms with Crippen molar-refractivity contribution < 1.29 is 9.53 Å². The van der Waals surface area contributed by atoms with Gasteiger partial charge in [-0.15, -0.1) is 0 Å². The molecule has 5 nitrogen and oxygen atoms in total. The molecule has 0 radical (unpaired) electrons. The molecule has 3 aromatic rings. The van der Waals surface area contributed by atoms with Crippen LogP contribution in [0.15, 0.2) is 48.7 Å². The highest BCUT2D eigenvalue weighted by Gasteiger charge is 2.18. The number of nitrogens with zero attached hydrogens (tertiary/aromatic N) is 1. The van der Waals surface area contributed by atoms with Crippen LogP contribution in [0.25, 0.3) is 10.9 Å². The summed E-state index contributed by atoms with van der Waals surface area (Å²) in [6, 6.07) is 14.7. The number of amides is 1. The van der Waals surface area contributed by atoms with Gasteiger partial charge < -0.3 is 20.4 Å². The Balaban J connectivity index is 1.45. The maximum atomic E-state index is 11.1. The van der Waals surface area contributed by atoms with Crippen LogP contribution in [0, 0.1) is 0 Å². The van der Waals surface area contributed by atoms with Crippen LogP contribution in [0.5, 0.6) is 5.75 Å². The number of fused-ring (bicyclic) bond motifs is 2. The molecule has 0 unspecified atom stereocenters. The van der Waals surface area contributed by atoms with Gasteiger partial charge in [-0.05, 0) is 35.7 Å². The molecule has 0 aliphatic carbocycles. The fraction of sp³-hybridized carbons (Fsp3) is 0.318. The predicted molar refractivity (Wildman–Crippen MR) is 107 cm³/mol. The molecule has 2 heterocycles. The summed E-state index contributed by atoms with van der Waals surface area (Å²) in [7, 11) is 0. The molecular weight excluding hydrogens is 338 g/mol. The smallest absolute Gasteiger partial charge is 0.219 e. The third-order valence-corrected chi connectivity index (χ3v) is 5.08. The van der Waals surface area contributed by atoms with Crippen LogP contribution < -0.4 is 15.8 Å². The Hall–Kier alpha value is -2.79. The summed E-state index contributed by atoms with van der Waals surface area (Å²) in [5, 5.41) is 4.76. The van der Waals surface area contributed by atoms with Crippen molar-refractivity contribution in [3.63, 3.8) is 0 Å². The zero-order valence-electron chi connectivity index (χ0n) is 15.6. The number of nitrogens with two attached hydrogens (primary N) is 1. The number of rotatable bonds is 7. The number of hydrogen-bond acceptors (Lipinski definition) is 3. The van der Waals surface area contributed by atoms with Gasteiger partial charge in [-0.2, -0.15) is 0 Å². The molecule has 2 aromatic carbocycles. The predicted octanol–water partition coefficient (Wildman–Crippen LogP) is 3.13. The van der Waals surface area contributed by atoms with Crippen LogP contribution in [0.1, 0.15) is 30.0 Å². The topological polar surface area (TPSA) is 69.3 Å². The Morgan fingerprint density at radius 1 is 1.26 bits per heavy atom. The Morgan fingerprint density at radius 3 is 2.96 bits per heavy atom. The summed E-state index contributed by atoms with van der Waals surface area (Å²) in [5.41, 5.74) is 10.2. The van der Waals surface area contributed by atoms with Crippen LogP contribution in [0.2, 0.25) is 0 Å². The highest BCUT2D eigenvalue weighted by atomic mass is 16.5. The van der Waals surface area contributed by atoms with Gasteiger partial charge in [-0.1, -0.05) is 30.3 Å². The monoisotopic (exact) mass is 363 g/mol. The molecule has 1 atom stereocenters. The van der Waals surface area contributed by atoms with Crippen molar-refractivity contribution in [2.24, 2.45) is 5.73 Å². The van der Waals surface area contributed by atoms with Gasteiger partial charge >= 0.3 is 0 Å². The molecule has 0 spiro atoms. The number of para-hydroxylation sites is 1. The molecule has 27 heavy (non-hydrogen) atoms. The third kappa shape index (κ3) is 3.83. The standard InChI is InChI=1S/C22H25N3O2/c1-15-10-17-11-16(6-7-21(17)27-15)12-24-13-18-14-25(9-8-22(23)26)20-5-3-2-4-19(18)20/h2-7,11,14-15,24H,8-10,12-13H2,1H3,(H2,23,26)/t15-/m0/s1. The number of ether oxygens (including phenoxy) is 1. The van der Waals surface area contributed by atoms with Crippen molar-refractivity contribution in [1.82, 2.24) is 9.88 Å². The van der Waals surface area contributed by atoms with E-state index in [4.69, 9.17) is 10.5 Å². The minimum absolute atomic E-state index is 0.273. The van der Waals surface area contributed by atoms with Gasteiger partial charge in [-0.25, -0.2) is 0 Å². The highest BCUT2D eigenvalue weighted by Crippen LogP contribution is 2.29. The number of nitrogens with one attached hydrogen (secondary N) is 1. The van der Waals surface area contributed by atoms with E-state index in [2.05, 4.69) is 53.3 Å². The molecule has 0 fully saturated rings. The first-order chi connectivity index (χ1) is 13.1. The quantitative estimate of drug-likeness (QED) is 0.678. The van der Waals surface area contributed by atoms with Crippen LogP contribution in [-0.4, -0.2) is 16.6 Å². The fourth-order valence-corrected chi connectivity index (χ4v) is 3.81. The molecule has 0 bridgehead atoms. The number of aromatic nitrogens is 1. The number of aryl methyl sites for hydroxylation is 1. The van der Waals surface area contributed by atoms with Gasteiger partial charge in [0.2, 0.25) is 5.91 Å². The zero-order valence-corrected chi connectivity index (χ0v) is 15.6. The molecule has 1 aliphatic rings. The second-order valence-electron chi connectivity index (χ2n) is 7.26. The second-order valence-corrected chi connectivity index (χ2v) is 7.26. The lowest BCUT2D eigenvalue weighted by Gasteiger charge is -2.06. The van der Waals surface area contributed by atoms with Crippen molar-refractivity contribution in [1.29, 1.82) is 0 Å². The first-order valence-corrected chi connectivity index (χ1v) is 9.44. The fourth-order valence-electron chi connectivity index (χ4n) is 3.81. The van der Waals surface area contributed by atoms with E-state index in [9.17, 15) is 4.79 Å². The third-order valence-electron chi connectivity index (χ3n) is 5.08. The lowest BCUT2D eigenvalue weighted by atomic mass is 10.1. The Kier molecular flexibility index (Phi) is 4.86. The van der Waals surface area contributed by atoms with Gasteiger partial charge in [0.1, 0.15) is 11.9 Å². The molecule has 1 aromatic heterocycles. The lowest BCUT2D eigenvalue weighted by molar-refractivity contribution is -0.118. The summed E-state index contributed by atoms with van der Waals surface area (Å²) in [6.45, 7) is 4.29. The normalized spacial score (nSPS) is 15.7. The average molecular weight is 363 g/mol. The van der Waals surface area contributed by atoms with Crippen molar-refractivity contribution in [2.45, 2.75) is 45.5 Å². The SMILES string of the molecule is C[C@H]1Cc2cc(CNCc3cn(CCC(N)=O)c4ccccc34)ccc2O1. The summed E-state index contributed by atoms with van der Waals surface area (Å²) in [6.07, 6.45) is 3.73. The molecule has 0 saturated carbocycles. The van der Waals surface area contributed by atoms with Crippen molar-refractivity contribution >= 4 is 16.8 Å². The van der Waals surface area contributed by atoms with Crippen LogP contribution in [0.3, 0.4) is 0 Å². The average Bonchev–Trinajstić information content (AvgIpc) is 3.19. The molecule has 0 saturated heterocycles. The molecule has 1 aliphatic heterocycles. The highest BCUT2D eigenvalue weighted by molar-refractivity contribution is 5.84. The maximum Gasteiger partial charge on any atom is 0.219 e. The molecule has 5 heteroatoms. The summed E-state index contributed by atoms with van der Waals surface area (Å²) in [4.78, 5) is 11.1. The van der Waals surface area contributed by atoms with E-state index >= 15 is 0 Å². The molecule has 4 rings (SSSR count). The molecule has 140 valence electrons. The van der Waals surface area contributed by atoms with E-state index in [0.717, 1.165) is 30.8 Å². The second kappa shape index (κ2) is 7.45. The summed E-state index contributed by atoms with van der Waals surface area (Å²) in [5.74, 6) is 0.742. The first-order valence-electron chi connectivity index (χ1n) is 9.44. The van der Waals surface area contributed by atoms with Crippen molar-refractivity contribution in [3.8, 4) is 5.75 Å². The summed E-state index contributed by atoms with van der Waals surface area (Å²) < 4.78 is 7.89. The van der Waals surface area contributed by atoms with Crippen LogP contribution in [-0.2, 0) is 30.8 Å². The number of primary amides is 1. The number of hydrogen-bond donors (Lipinski definition) is 2. The van der Waals surface area contributed by atoms with Gasteiger partial charge in [0, 0.05) is 49.6 Å². The van der Waals surface area contributed by atoms with E-state index in [1.54, 1.807) is 0 Å². The van der Waals surface area contributed by atoms with Crippen molar-refractivity contribution in [3.05, 3.63) is 65.4 Å². The minimum Gasteiger partial charge on any atom is -0.490 e. The maximum absolute atomic E-state index is 11.1. The van der Waals surface area contributed by atoms with E-state index in [0.29, 0.717) is 13.0 Å². The van der Waals surface area contributed by atoms with Gasteiger partial charge in [0.15, 0.2) is 0 Å². The van der Waals surface area contributed by atoms with Gasteiger partial charge in [0.05, 0.1) is 0 Å². The molecular formula is C22H25N3O2. The number of carbonyl (C=O) groups is 1. The van der Waals surface area contributed by atoms with E-state index in [-0.39, 0.29) is 12.0 Å². The number of benzene rings is 2. The van der Waals surface area contributed by atoms with Gasteiger partial charge in [0.25, 0.3) is 0 Å². The number of carbonyl (C=O) groups excluding carboxylic acids is 1. The zero-order chi connectivity index (χ0) is 18.8. The van der Waals surface area contributed by atoms with Crippen LogP contribution >= 0.6 is 0 Å². The lowest BCUT2D eigenvalue weighted by Crippen LogP contribution is -2.14. The van der Waals surface area contributed by atoms with E-state index in [1.165, 1.54) is 22.1 Å². The first kappa shape index (κ1) is 17.6. The molecule has 1 amide bonds. The Labute approximate surface area is 159 Å².